The minimum absolute atomic E-state index is 0.544. The van der Waals surface area contributed by atoms with Crippen LogP contribution in [0.3, 0.4) is 0 Å². The molecule has 3 rings (SSSR count). The van der Waals surface area contributed by atoms with Crippen molar-refractivity contribution < 1.29 is 0 Å². The molecule has 3 N–H and O–H groups in total. The zero-order chi connectivity index (χ0) is 11.9. The molecule has 2 saturated carbocycles. The summed E-state index contributed by atoms with van der Waals surface area (Å²) in [6.07, 6.45) is 8.06. The average Bonchev–Trinajstić information content (AvgIpc) is 2.59. The summed E-state index contributed by atoms with van der Waals surface area (Å²) in [5.41, 5.74) is 7.23. The Bertz CT molecular complexity index is 405. The van der Waals surface area contributed by atoms with Crippen LogP contribution in [0.2, 0.25) is 0 Å². The maximum absolute atomic E-state index is 5.76. The molecule has 4 heteroatoms. The molecule has 2 aliphatic rings. The van der Waals surface area contributed by atoms with E-state index < -0.39 is 0 Å². The van der Waals surface area contributed by atoms with E-state index in [0.717, 1.165) is 5.69 Å². The third-order valence-corrected chi connectivity index (χ3v) is 4.43. The summed E-state index contributed by atoms with van der Waals surface area (Å²) in [7, 11) is 0. The molecular weight excluding hydrogens is 212 g/mol. The van der Waals surface area contributed by atoms with Gasteiger partial charge in [0.05, 0.1) is 0 Å². The summed E-state index contributed by atoms with van der Waals surface area (Å²) < 4.78 is 0. The highest BCUT2D eigenvalue weighted by molar-refractivity contribution is 5.39. The van der Waals surface area contributed by atoms with Gasteiger partial charge in [-0.1, -0.05) is 12.8 Å². The largest absolute Gasteiger partial charge is 0.384 e. The predicted octanol–water partition coefficient (Wildman–Crippen LogP) is 2.50. The van der Waals surface area contributed by atoms with Gasteiger partial charge in [-0.2, -0.15) is 4.98 Å². The van der Waals surface area contributed by atoms with E-state index in [9.17, 15) is 0 Å². The highest BCUT2D eigenvalue weighted by Gasteiger charge is 2.47. The van der Waals surface area contributed by atoms with Gasteiger partial charge >= 0.3 is 0 Å². The van der Waals surface area contributed by atoms with Crippen LogP contribution in [-0.2, 0) is 0 Å². The molecule has 0 radical (unpaired) electrons. The number of nitrogens with zero attached hydrogens (tertiary/aromatic N) is 2. The van der Waals surface area contributed by atoms with E-state index in [2.05, 4.69) is 15.3 Å². The SMILES string of the molecule is Cc1cc(N)nc(NC2CCCC23CCC3)n1. The Morgan fingerprint density at radius 1 is 1.29 bits per heavy atom. The molecular formula is C13H20N4. The van der Waals surface area contributed by atoms with E-state index in [1.54, 1.807) is 6.07 Å². The van der Waals surface area contributed by atoms with Crippen LogP contribution in [0.25, 0.3) is 0 Å². The Morgan fingerprint density at radius 3 is 2.71 bits per heavy atom. The lowest BCUT2D eigenvalue weighted by molar-refractivity contribution is 0.128. The van der Waals surface area contributed by atoms with Gasteiger partial charge in [-0.15, -0.1) is 0 Å². The molecule has 4 nitrogen and oxygen atoms in total. The molecule has 2 fully saturated rings. The number of nitrogens with one attached hydrogen (secondary N) is 1. The molecule has 92 valence electrons. The van der Waals surface area contributed by atoms with E-state index in [1.165, 1.54) is 38.5 Å². The maximum atomic E-state index is 5.76. The van der Waals surface area contributed by atoms with Crippen molar-refractivity contribution in [3.05, 3.63) is 11.8 Å². The van der Waals surface area contributed by atoms with Gasteiger partial charge < -0.3 is 11.1 Å². The van der Waals surface area contributed by atoms with Crippen molar-refractivity contribution in [3.63, 3.8) is 0 Å². The number of aromatic nitrogens is 2. The Hall–Kier alpha value is -1.32. The normalized spacial score (nSPS) is 25.8. The predicted molar refractivity (Wildman–Crippen MR) is 68.7 cm³/mol. The number of hydrogen-bond acceptors (Lipinski definition) is 4. The topological polar surface area (TPSA) is 63.8 Å². The third-order valence-electron chi connectivity index (χ3n) is 4.43. The summed E-state index contributed by atoms with van der Waals surface area (Å²) in [6.45, 7) is 1.96. The first-order valence-electron chi connectivity index (χ1n) is 6.56. The average molecular weight is 232 g/mol. The van der Waals surface area contributed by atoms with Crippen LogP contribution in [0.15, 0.2) is 6.07 Å². The molecule has 1 atom stereocenters. The van der Waals surface area contributed by atoms with Gasteiger partial charge in [0.15, 0.2) is 0 Å². The van der Waals surface area contributed by atoms with Crippen molar-refractivity contribution in [3.8, 4) is 0 Å². The van der Waals surface area contributed by atoms with Crippen LogP contribution in [0.4, 0.5) is 11.8 Å². The molecule has 0 aliphatic heterocycles. The van der Waals surface area contributed by atoms with Gasteiger partial charge in [-0.05, 0) is 38.0 Å². The van der Waals surface area contributed by atoms with E-state index >= 15 is 0 Å². The zero-order valence-electron chi connectivity index (χ0n) is 10.4. The molecule has 1 aromatic rings. The number of nitrogens with two attached hydrogens (primary N) is 1. The molecule has 1 unspecified atom stereocenters. The van der Waals surface area contributed by atoms with E-state index in [4.69, 9.17) is 5.73 Å². The number of nitrogen functional groups attached to an aromatic ring is 1. The molecule has 0 aromatic carbocycles. The third kappa shape index (κ3) is 1.85. The summed E-state index contributed by atoms with van der Waals surface area (Å²) in [4.78, 5) is 8.70. The lowest BCUT2D eigenvalue weighted by atomic mass is 9.65. The van der Waals surface area contributed by atoms with Gasteiger partial charge in [0.1, 0.15) is 5.82 Å². The monoisotopic (exact) mass is 232 g/mol. The maximum Gasteiger partial charge on any atom is 0.225 e. The number of hydrogen-bond donors (Lipinski definition) is 2. The van der Waals surface area contributed by atoms with Gasteiger partial charge in [0.2, 0.25) is 5.95 Å². The first kappa shape index (κ1) is 10.8. The van der Waals surface area contributed by atoms with Gasteiger partial charge in [0.25, 0.3) is 0 Å². The highest BCUT2D eigenvalue weighted by atomic mass is 15.1. The fraction of sp³-hybridized carbons (Fsp3) is 0.692. The molecule has 1 heterocycles. The lowest BCUT2D eigenvalue weighted by Crippen LogP contribution is -2.41. The second-order valence-corrected chi connectivity index (χ2v) is 5.56. The molecule has 2 aliphatic carbocycles. The molecule has 17 heavy (non-hydrogen) atoms. The summed E-state index contributed by atoms with van der Waals surface area (Å²) in [5.74, 6) is 1.27. The van der Waals surface area contributed by atoms with Crippen molar-refractivity contribution in [1.29, 1.82) is 0 Å². The second kappa shape index (κ2) is 3.86. The van der Waals surface area contributed by atoms with Crippen molar-refractivity contribution >= 4 is 11.8 Å². The van der Waals surface area contributed by atoms with Gasteiger partial charge in [-0.25, -0.2) is 4.98 Å². The summed E-state index contributed by atoms with van der Waals surface area (Å²) >= 11 is 0. The fourth-order valence-corrected chi connectivity index (χ4v) is 3.41. The van der Waals surface area contributed by atoms with Gasteiger partial charge in [0, 0.05) is 17.8 Å². The number of rotatable bonds is 2. The van der Waals surface area contributed by atoms with E-state index in [1.807, 2.05) is 6.92 Å². The summed E-state index contributed by atoms with van der Waals surface area (Å²) in [5, 5.41) is 3.51. The Balaban J connectivity index is 1.78. The standard InChI is InChI=1S/C13H20N4/c1-9-8-11(14)17-12(15-9)16-10-4-2-5-13(10)6-3-7-13/h8,10H,2-7H2,1H3,(H3,14,15,16,17). The first-order chi connectivity index (χ1) is 8.18. The minimum atomic E-state index is 0.544. The van der Waals surface area contributed by atoms with E-state index in [0.29, 0.717) is 23.2 Å². The van der Waals surface area contributed by atoms with Gasteiger partial charge in [-0.3, -0.25) is 0 Å². The molecule has 0 saturated heterocycles. The second-order valence-electron chi connectivity index (χ2n) is 5.56. The van der Waals surface area contributed by atoms with Crippen LogP contribution in [0.1, 0.15) is 44.2 Å². The Kier molecular flexibility index (Phi) is 2.45. The van der Waals surface area contributed by atoms with Crippen LogP contribution in [0.5, 0.6) is 0 Å². The van der Waals surface area contributed by atoms with Crippen molar-refractivity contribution in [2.45, 2.75) is 51.5 Å². The zero-order valence-corrected chi connectivity index (χ0v) is 10.4. The van der Waals surface area contributed by atoms with Crippen molar-refractivity contribution in [2.75, 3.05) is 11.1 Å². The minimum Gasteiger partial charge on any atom is -0.384 e. The van der Waals surface area contributed by atoms with Crippen molar-refractivity contribution in [1.82, 2.24) is 9.97 Å². The quantitative estimate of drug-likeness (QED) is 0.822. The Labute approximate surface area is 102 Å². The molecule has 0 amide bonds. The first-order valence-corrected chi connectivity index (χ1v) is 6.56. The lowest BCUT2D eigenvalue weighted by Gasteiger charge is -2.43. The molecule has 1 aromatic heterocycles. The Morgan fingerprint density at radius 2 is 2.06 bits per heavy atom. The summed E-state index contributed by atoms with van der Waals surface area (Å²) in [6, 6.07) is 2.36. The van der Waals surface area contributed by atoms with Crippen molar-refractivity contribution in [2.24, 2.45) is 5.41 Å². The number of aryl methyl sites for hydroxylation is 1. The van der Waals surface area contributed by atoms with Crippen LogP contribution < -0.4 is 11.1 Å². The fourth-order valence-electron chi connectivity index (χ4n) is 3.41. The smallest absolute Gasteiger partial charge is 0.225 e. The van der Waals surface area contributed by atoms with E-state index in [-0.39, 0.29) is 0 Å². The highest BCUT2D eigenvalue weighted by Crippen LogP contribution is 2.53. The van der Waals surface area contributed by atoms with Crippen LogP contribution in [-0.4, -0.2) is 16.0 Å². The molecule has 1 spiro atoms. The van der Waals surface area contributed by atoms with Crippen LogP contribution in [0, 0.1) is 12.3 Å². The van der Waals surface area contributed by atoms with Crippen LogP contribution >= 0.6 is 0 Å². The number of anilines is 2. The molecule has 0 bridgehead atoms.